The number of rotatable bonds is 4. The molecule has 0 unspecified atom stereocenters. The molecular formula is C16H24N4O2S. The first-order chi connectivity index (χ1) is 11.1. The van der Waals surface area contributed by atoms with Crippen molar-refractivity contribution in [2.75, 3.05) is 31.5 Å². The molecule has 0 spiro atoms. The summed E-state index contributed by atoms with van der Waals surface area (Å²) in [6.45, 7) is 4.72. The summed E-state index contributed by atoms with van der Waals surface area (Å²) >= 11 is 1.45. The Bertz CT molecular complexity index is 568. The highest BCUT2D eigenvalue weighted by atomic mass is 32.1. The Morgan fingerprint density at radius 3 is 2.74 bits per heavy atom. The second-order valence-electron chi connectivity index (χ2n) is 6.33. The van der Waals surface area contributed by atoms with Gasteiger partial charge < -0.3 is 10.2 Å². The largest absolute Gasteiger partial charge is 0.342 e. The Kier molecular flexibility index (Phi) is 5.27. The molecule has 2 amide bonds. The third kappa shape index (κ3) is 4.09. The summed E-state index contributed by atoms with van der Waals surface area (Å²) in [6, 6.07) is 0.189. The van der Waals surface area contributed by atoms with Gasteiger partial charge >= 0.3 is 0 Å². The van der Waals surface area contributed by atoms with E-state index in [0.717, 1.165) is 57.4 Å². The van der Waals surface area contributed by atoms with Gasteiger partial charge in [-0.05, 0) is 32.2 Å². The first-order valence-corrected chi connectivity index (χ1v) is 9.26. The number of carbonyl (C=O) groups is 2. The van der Waals surface area contributed by atoms with Gasteiger partial charge in [0.05, 0.1) is 18.3 Å². The molecule has 23 heavy (non-hydrogen) atoms. The van der Waals surface area contributed by atoms with E-state index in [1.54, 1.807) is 0 Å². The predicted molar refractivity (Wildman–Crippen MR) is 90.4 cm³/mol. The molecule has 7 heteroatoms. The lowest BCUT2D eigenvalue weighted by atomic mass is 10.00. The van der Waals surface area contributed by atoms with Crippen LogP contribution in [-0.2, 0) is 9.59 Å². The van der Waals surface area contributed by atoms with Gasteiger partial charge in [-0.3, -0.25) is 14.5 Å². The van der Waals surface area contributed by atoms with Crippen LogP contribution < -0.4 is 5.32 Å². The number of thiazole rings is 1. The lowest BCUT2D eigenvalue weighted by molar-refractivity contribution is -0.132. The number of amides is 2. The quantitative estimate of drug-likeness (QED) is 0.916. The molecule has 0 aliphatic carbocycles. The van der Waals surface area contributed by atoms with Crippen molar-refractivity contribution in [2.24, 2.45) is 0 Å². The number of nitrogens with zero attached hydrogens (tertiary/aromatic N) is 3. The molecular weight excluding hydrogens is 312 g/mol. The van der Waals surface area contributed by atoms with E-state index in [9.17, 15) is 9.59 Å². The Labute approximate surface area is 140 Å². The van der Waals surface area contributed by atoms with Crippen LogP contribution >= 0.6 is 11.3 Å². The second-order valence-corrected chi connectivity index (χ2v) is 7.19. The predicted octanol–water partition coefficient (Wildman–Crippen LogP) is 2.25. The van der Waals surface area contributed by atoms with Crippen LogP contribution in [0.2, 0.25) is 0 Å². The minimum Gasteiger partial charge on any atom is -0.342 e. The Balaban J connectivity index is 1.67. The maximum atomic E-state index is 12.5. The first kappa shape index (κ1) is 16.4. The van der Waals surface area contributed by atoms with Crippen LogP contribution in [0.3, 0.4) is 0 Å². The summed E-state index contributed by atoms with van der Waals surface area (Å²) in [5.74, 6) is 0.141. The van der Waals surface area contributed by atoms with E-state index >= 15 is 0 Å². The fourth-order valence-electron chi connectivity index (χ4n) is 3.40. The van der Waals surface area contributed by atoms with Crippen molar-refractivity contribution in [2.45, 2.75) is 45.1 Å². The van der Waals surface area contributed by atoms with Gasteiger partial charge in [-0.2, -0.15) is 0 Å². The topological polar surface area (TPSA) is 65.5 Å². The number of carbonyl (C=O) groups excluding carboxylic acids is 2. The number of piperidine rings is 1. The summed E-state index contributed by atoms with van der Waals surface area (Å²) in [6.07, 6.45) is 5.57. The lowest BCUT2D eigenvalue weighted by Gasteiger charge is -2.35. The number of aromatic nitrogens is 1. The van der Waals surface area contributed by atoms with Crippen LogP contribution in [0.1, 0.15) is 50.8 Å². The molecule has 0 bridgehead atoms. The van der Waals surface area contributed by atoms with Crippen molar-refractivity contribution >= 4 is 28.3 Å². The normalized spacial score (nSPS) is 22.3. The fraction of sp³-hybridized carbons (Fsp3) is 0.688. The van der Waals surface area contributed by atoms with E-state index in [2.05, 4.69) is 15.2 Å². The molecule has 2 fully saturated rings. The molecule has 3 heterocycles. The zero-order valence-electron chi connectivity index (χ0n) is 13.6. The van der Waals surface area contributed by atoms with E-state index in [-0.39, 0.29) is 17.9 Å². The van der Waals surface area contributed by atoms with Crippen molar-refractivity contribution in [3.05, 3.63) is 11.1 Å². The van der Waals surface area contributed by atoms with E-state index in [1.165, 1.54) is 18.3 Å². The summed E-state index contributed by atoms with van der Waals surface area (Å²) in [4.78, 5) is 32.4. The summed E-state index contributed by atoms with van der Waals surface area (Å²) in [5, 5.41) is 5.39. The smallest absolute Gasteiger partial charge is 0.236 e. The molecule has 0 aromatic carbocycles. The van der Waals surface area contributed by atoms with Crippen LogP contribution in [0.25, 0.3) is 0 Å². The van der Waals surface area contributed by atoms with Crippen LogP contribution in [0, 0.1) is 0 Å². The van der Waals surface area contributed by atoms with Crippen molar-refractivity contribution < 1.29 is 9.59 Å². The van der Waals surface area contributed by atoms with E-state index in [4.69, 9.17) is 0 Å². The van der Waals surface area contributed by atoms with Gasteiger partial charge in [-0.15, -0.1) is 11.3 Å². The van der Waals surface area contributed by atoms with Crippen molar-refractivity contribution in [1.29, 1.82) is 0 Å². The molecule has 2 aliphatic heterocycles. The van der Waals surface area contributed by atoms with E-state index in [1.807, 2.05) is 10.3 Å². The van der Waals surface area contributed by atoms with Crippen LogP contribution in [0.15, 0.2) is 5.38 Å². The number of nitrogens with one attached hydrogen (secondary N) is 1. The molecule has 126 valence electrons. The molecule has 1 aromatic rings. The number of likely N-dealkylation sites (tertiary alicyclic amines) is 2. The zero-order chi connectivity index (χ0) is 16.2. The lowest BCUT2D eigenvalue weighted by Crippen LogP contribution is -2.42. The number of hydrogen-bond acceptors (Lipinski definition) is 5. The fourth-order valence-corrected chi connectivity index (χ4v) is 4.21. The van der Waals surface area contributed by atoms with Crippen molar-refractivity contribution in [1.82, 2.24) is 14.8 Å². The molecule has 1 aromatic heterocycles. The molecule has 3 rings (SSSR count). The third-order valence-electron chi connectivity index (χ3n) is 4.56. The second kappa shape index (κ2) is 7.40. The molecule has 6 nitrogen and oxygen atoms in total. The summed E-state index contributed by atoms with van der Waals surface area (Å²) < 4.78 is 0. The minimum absolute atomic E-state index is 0.101. The molecule has 2 saturated heterocycles. The Morgan fingerprint density at radius 1 is 1.26 bits per heavy atom. The van der Waals surface area contributed by atoms with Crippen molar-refractivity contribution in [3.8, 4) is 0 Å². The van der Waals surface area contributed by atoms with E-state index < -0.39 is 0 Å². The van der Waals surface area contributed by atoms with Gasteiger partial charge in [-0.1, -0.05) is 6.42 Å². The average molecular weight is 336 g/mol. The van der Waals surface area contributed by atoms with Gasteiger partial charge in [0.15, 0.2) is 5.13 Å². The number of hydrogen-bond donors (Lipinski definition) is 1. The maximum absolute atomic E-state index is 12.5. The highest BCUT2D eigenvalue weighted by molar-refractivity contribution is 7.13. The number of anilines is 1. The standard InChI is InChI=1S/C16H24N4O2S/c1-12(21)17-16-18-13(11-23-16)14-6-2-3-9-20(14)10-15(22)19-7-4-5-8-19/h11,14H,2-10H2,1H3,(H,17,18,21)/t14-/m0/s1. The highest BCUT2D eigenvalue weighted by Crippen LogP contribution is 2.32. The van der Waals surface area contributed by atoms with Crippen LogP contribution in [0.4, 0.5) is 5.13 Å². The molecule has 1 atom stereocenters. The highest BCUT2D eigenvalue weighted by Gasteiger charge is 2.29. The Morgan fingerprint density at radius 2 is 2.00 bits per heavy atom. The van der Waals surface area contributed by atoms with Gasteiger partial charge in [0.1, 0.15) is 0 Å². The van der Waals surface area contributed by atoms with Gasteiger partial charge in [0.2, 0.25) is 11.8 Å². The molecule has 0 saturated carbocycles. The van der Waals surface area contributed by atoms with Gasteiger partial charge in [-0.25, -0.2) is 4.98 Å². The van der Waals surface area contributed by atoms with E-state index in [0.29, 0.717) is 11.7 Å². The van der Waals surface area contributed by atoms with Gasteiger partial charge in [0, 0.05) is 25.4 Å². The summed E-state index contributed by atoms with van der Waals surface area (Å²) in [5.41, 5.74) is 0.979. The summed E-state index contributed by atoms with van der Waals surface area (Å²) in [7, 11) is 0. The van der Waals surface area contributed by atoms with Crippen LogP contribution in [-0.4, -0.2) is 52.8 Å². The van der Waals surface area contributed by atoms with Gasteiger partial charge in [0.25, 0.3) is 0 Å². The van der Waals surface area contributed by atoms with Crippen LogP contribution in [0.5, 0.6) is 0 Å². The zero-order valence-corrected chi connectivity index (χ0v) is 14.4. The maximum Gasteiger partial charge on any atom is 0.236 e. The molecule has 2 aliphatic rings. The van der Waals surface area contributed by atoms with Crippen molar-refractivity contribution in [3.63, 3.8) is 0 Å². The minimum atomic E-state index is -0.101. The SMILES string of the molecule is CC(=O)Nc1nc([C@@H]2CCCCN2CC(=O)N2CCCC2)cs1. The monoisotopic (exact) mass is 336 g/mol. The third-order valence-corrected chi connectivity index (χ3v) is 5.33. The molecule has 0 radical (unpaired) electrons. The molecule has 1 N–H and O–H groups in total. The first-order valence-electron chi connectivity index (χ1n) is 8.38. The average Bonchev–Trinajstić information content (AvgIpc) is 3.18. The Hall–Kier alpha value is -1.47.